The second-order valence-corrected chi connectivity index (χ2v) is 4.60. The lowest BCUT2D eigenvalue weighted by molar-refractivity contribution is -0.251. The molecule has 0 spiro atoms. The zero-order valence-electron chi connectivity index (χ0n) is 10.3. The Hall–Kier alpha value is -1.65. The minimum Gasteiger partial charge on any atom is -0.394 e. The number of rotatable bonds is 2. The average molecular weight is 282 g/mol. The van der Waals surface area contributed by atoms with Crippen molar-refractivity contribution in [3.8, 4) is 11.5 Å². The number of imidazole rings is 1. The first-order chi connectivity index (χ1) is 9.63. The van der Waals surface area contributed by atoms with E-state index in [1.54, 1.807) is 0 Å². The van der Waals surface area contributed by atoms with Gasteiger partial charge < -0.3 is 25.2 Å². The summed E-state index contributed by atoms with van der Waals surface area (Å²) in [5.41, 5.74) is 0.504. The van der Waals surface area contributed by atoms with E-state index in [-0.39, 0.29) is 0 Å². The summed E-state index contributed by atoms with van der Waals surface area (Å²) in [6.45, 7) is -0.488. The maximum absolute atomic E-state index is 10.1. The van der Waals surface area contributed by atoms with Crippen molar-refractivity contribution in [1.82, 2.24) is 19.5 Å². The second-order valence-electron chi connectivity index (χ2n) is 4.60. The molecule has 0 aliphatic carbocycles. The third-order valence-electron chi connectivity index (χ3n) is 3.38. The van der Waals surface area contributed by atoms with Crippen LogP contribution in [0.2, 0.25) is 0 Å². The van der Waals surface area contributed by atoms with Crippen LogP contribution in [0.5, 0.6) is 0 Å². The van der Waals surface area contributed by atoms with E-state index < -0.39 is 37.3 Å². The predicted octanol–water partition coefficient (Wildman–Crippen LogP) is -2.25. The van der Waals surface area contributed by atoms with E-state index in [0.717, 1.165) is 0 Å². The molecule has 5 atom stereocenters. The van der Waals surface area contributed by atoms with E-state index >= 15 is 0 Å². The minimum absolute atomic E-state index is 0.421. The summed E-state index contributed by atoms with van der Waals surface area (Å²) >= 11 is 0. The molecule has 0 aromatic rings. The van der Waals surface area contributed by atoms with Crippen molar-refractivity contribution < 1.29 is 25.2 Å². The first-order valence-corrected chi connectivity index (χ1v) is 6.06. The summed E-state index contributed by atoms with van der Waals surface area (Å²) in [6.07, 6.45) is -2.02. The lowest BCUT2D eigenvalue weighted by Gasteiger charge is -2.40. The van der Waals surface area contributed by atoms with Gasteiger partial charge in [-0.3, -0.25) is 4.57 Å². The molecule has 9 heteroatoms. The number of ether oxygens (including phenoxy) is 1. The molecule has 1 saturated heterocycles. The van der Waals surface area contributed by atoms with Crippen LogP contribution in [-0.4, -0.2) is 71.0 Å². The van der Waals surface area contributed by atoms with Crippen LogP contribution < -0.4 is 0 Å². The van der Waals surface area contributed by atoms with Gasteiger partial charge >= 0.3 is 0 Å². The second kappa shape index (κ2) is 5.04. The molecule has 20 heavy (non-hydrogen) atoms. The quantitative estimate of drug-likeness (QED) is 0.485. The van der Waals surface area contributed by atoms with Gasteiger partial charge in [0.2, 0.25) is 0 Å². The summed E-state index contributed by atoms with van der Waals surface area (Å²) in [6, 6.07) is 0. The van der Waals surface area contributed by atoms with Crippen molar-refractivity contribution in [3.05, 3.63) is 18.9 Å². The van der Waals surface area contributed by atoms with Gasteiger partial charge in [0.1, 0.15) is 36.4 Å². The Morgan fingerprint density at radius 3 is 2.70 bits per heavy atom. The SMILES string of the molecule is OC[C@H]1O[C@@H](n2cncc3ncnc2-3)[C@H](O)[C@@H](O)[C@@H]1O. The Bertz CT molecular complexity index is 562. The van der Waals surface area contributed by atoms with Crippen LogP contribution in [0, 0.1) is 0 Å². The molecule has 0 radical (unpaired) electrons. The van der Waals surface area contributed by atoms with Crippen molar-refractivity contribution in [3.63, 3.8) is 0 Å². The molecule has 0 unspecified atom stereocenters. The van der Waals surface area contributed by atoms with E-state index in [1.165, 1.54) is 23.4 Å². The lowest BCUT2D eigenvalue weighted by atomic mass is 9.98. The van der Waals surface area contributed by atoms with E-state index in [9.17, 15) is 20.4 Å². The number of aromatic nitrogens is 4. The van der Waals surface area contributed by atoms with E-state index in [2.05, 4.69) is 15.0 Å². The van der Waals surface area contributed by atoms with Crippen LogP contribution >= 0.6 is 0 Å². The topological polar surface area (TPSA) is 134 Å². The van der Waals surface area contributed by atoms with E-state index in [1.807, 2.05) is 0 Å². The number of aliphatic hydroxyl groups is 4. The van der Waals surface area contributed by atoms with Crippen molar-refractivity contribution >= 4 is 0 Å². The molecule has 108 valence electrons. The summed E-state index contributed by atoms with van der Waals surface area (Å²) in [4.78, 5) is 12.0. The minimum atomic E-state index is -1.45. The monoisotopic (exact) mass is 282 g/mol. The molecule has 4 N–H and O–H groups in total. The first kappa shape index (κ1) is 13.3. The molecule has 3 aliphatic rings. The molecule has 0 aromatic carbocycles. The summed E-state index contributed by atoms with van der Waals surface area (Å²) in [7, 11) is 0. The highest BCUT2D eigenvalue weighted by molar-refractivity contribution is 5.48. The molecule has 0 aromatic heterocycles. The molecule has 0 amide bonds. The van der Waals surface area contributed by atoms with Gasteiger partial charge in [0.05, 0.1) is 19.1 Å². The summed E-state index contributed by atoms with van der Waals surface area (Å²) in [5.74, 6) is 0.421. The highest BCUT2D eigenvalue weighted by atomic mass is 16.6. The largest absolute Gasteiger partial charge is 0.394 e. The van der Waals surface area contributed by atoms with Crippen LogP contribution in [0.4, 0.5) is 0 Å². The van der Waals surface area contributed by atoms with Gasteiger partial charge in [-0.1, -0.05) is 0 Å². The number of nitrogens with zero attached hydrogens (tertiary/aromatic N) is 4. The van der Waals surface area contributed by atoms with E-state index in [0.29, 0.717) is 11.5 Å². The maximum atomic E-state index is 10.1. The molecular weight excluding hydrogens is 268 g/mol. The normalized spacial score (nSPS) is 34.5. The third kappa shape index (κ3) is 1.96. The van der Waals surface area contributed by atoms with Crippen molar-refractivity contribution in [1.29, 1.82) is 0 Å². The molecule has 0 bridgehead atoms. The molecular formula is C11H14N4O5. The van der Waals surface area contributed by atoms with Gasteiger partial charge in [-0.2, -0.15) is 0 Å². The fourth-order valence-corrected chi connectivity index (χ4v) is 2.29. The number of fused-ring (bicyclic) bond motifs is 1. The predicted molar refractivity (Wildman–Crippen MR) is 63.5 cm³/mol. The summed E-state index contributed by atoms with van der Waals surface area (Å²) in [5, 5.41) is 38.8. The fraction of sp³-hybridized carbons (Fsp3) is 0.545. The van der Waals surface area contributed by atoms with Gasteiger partial charge in [0.15, 0.2) is 12.1 Å². The Morgan fingerprint density at radius 2 is 1.95 bits per heavy atom. The Kier molecular flexibility index (Phi) is 3.36. The smallest absolute Gasteiger partial charge is 0.165 e. The van der Waals surface area contributed by atoms with Crippen molar-refractivity contribution in [2.45, 2.75) is 30.6 Å². The molecule has 3 heterocycles. The molecule has 0 saturated carbocycles. The summed E-state index contributed by atoms with van der Waals surface area (Å²) < 4.78 is 6.85. The van der Waals surface area contributed by atoms with Crippen LogP contribution in [0.3, 0.4) is 0 Å². The van der Waals surface area contributed by atoms with Crippen LogP contribution in [0.25, 0.3) is 11.5 Å². The number of hydrogen-bond donors (Lipinski definition) is 4. The maximum Gasteiger partial charge on any atom is 0.165 e. The standard InChI is InChI=1S/C11H14N4O5/c16-2-6-7(17)8(18)9(19)11(20-6)15-4-12-1-5-10(15)14-3-13-5/h1,3-4,6-9,11,16-19H,2H2/t6-,7-,8+,9-,11-/m1/s1. The Labute approximate surface area is 113 Å². The van der Waals surface area contributed by atoms with Crippen molar-refractivity contribution in [2.75, 3.05) is 6.61 Å². The van der Waals surface area contributed by atoms with Gasteiger partial charge in [0.25, 0.3) is 0 Å². The highest BCUT2D eigenvalue weighted by Crippen LogP contribution is 2.31. The average Bonchev–Trinajstić information content (AvgIpc) is 2.94. The number of hydrogen-bond acceptors (Lipinski definition) is 8. The van der Waals surface area contributed by atoms with Gasteiger partial charge in [-0.15, -0.1) is 0 Å². The molecule has 3 aliphatic heterocycles. The lowest BCUT2D eigenvalue weighted by Crippen LogP contribution is -2.56. The first-order valence-electron chi connectivity index (χ1n) is 6.06. The molecule has 1 fully saturated rings. The third-order valence-corrected chi connectivity index (χ3v) is 3.38. The Balaban J connectivity index is 1.98. The Morgan fingerprint density at radius 1 is 1.15 bits per heavy atom. The van der Waals surface area contributed by atoms with Crippen LogP contribution in [-0.2, 0) is 4.74 Å². The van der Waals surface area contributed by atoms with Crippen LogP contribution in [0.15, 0.2) is 18.9 Å². The van der Waals surface area contributed by atoms with Crippen molar-refractivity contribution in [2.24, 2.45) is 0 Å². The zero-order chi connectivity index (χ0) is 14.3. The van der Waals surface area contributed by atoms with Crippen LogP contribution in [0.1, 0.15) is 6.23 Å². The van der Waals surface area contributed by atoms with E-state index in [4.69, 9.17) is 4.74 Å². The highest BCUT2D eigenvalue weighted by Gasteiger charge is 2.44. The van der Waals surface area contributed by atoms with Gasteiger partial charge in [-0.05, 0) is 0 Å². The fourth-order valence-electron chi connectivity index (χ4n) is 2.29. The van der Waals surface area contributed by atoms with Gasteiger partial charge in [-0.25, -0.2) is 15.0 Å². The number of aliphatic hydroxyl groups excluding tert-OH is 4. The molecule has 9 nitrogen and oxygen atoms in total. The molecule has 3 rings (SSSR count). The van der Waals surface area contributed by atoms with Gasteiger partial charge in [0, 0.05) is 0 Å². The zero-order valence-corrected chi connectivity index (χ0v) is 10.3.